The molecule has 1 N–H and O–H groups in total. The summed E-state index contributed by atoms with van der Waals surface area (Å²) in [5.41, 5.74) is 0.755. The Morgan fingerprint density at radius 2 is 2.14 bits per heavy atom. The summed E-state index contributed by atoms with van der Waals surface area (Å²) in [7, 11) is 0. The number of benzene rings is 1. The van der Waals surface area contributed by atoms with Gasteiger partial charge in [-0.15, -0.1) is 0 Å². The van der Waals surface area contributed by atoms with Crippen molar-refractivity contribution in [1.82, 2.24) is 10.3 Å². The number of thioether (sulfide) groups is 1. The van der Waals surface area contributed by atoms with E-state index >= 15 is 0 Å². The van der Waals surface area contributed by atoms with Crippen molar-refractivity contribution in [3.63, 3.8) is 0 Å². The van der Waals surface area contributed by atoms with Crippen LogP contribution in [0, 0.1) is 5.82 Å². The van der Waals surface area contributed by atoms with Crippen LogP contribution in [-0.2, 0) is 4.79 Å². The standard InChI is InChI=1S/C15H15FN2O2S/c1-9(14(19)18-12-6-7-12)21-15-17-8-13(20-15)10-2-4-11(16)5-3-10/h2-5,8-9,12H,6-7H2,1H3,(H,18,19). The highest BCUT2D eigenvalue weighted by molar-refractivity contribution is 8.00. The number of oxazole rings is 1. The summed E-state index contributed by atoms with van der Waals surface area (Å²) in [6, 6.07) is 6.35. The molecule has 6 heteroatoms. The number of nitrogens with zero attached hydrogens (tertiary/aromatic N) is 1. The van der Waals surface area contributed by atoms with Gasteiger partial charge in [0.2, 0.25) is 5.91 Å². The maximum absolute atomic E-state index is 12.9. The highest BCUT2D eigenvalue weighted by atomic mass is 32.2. The maximum atomic E-state index is 12.9. The van der Waals surface area contributed by atoms with Gasteiger partial charge in [-0.25, -0.2) is 9.37 Å². The third-order valence-corrected chi connectivity index (χ3v) is 4.14. The Hall–Kier alpha value is -1.82. The third-order valence-electron chi connectivity index (χ3n) is 3.18. The Balaban J connectivity index is 1.64. The van der Waals surface area contributed by atoms with E-state index in [0.717, 1.165) is 18.4 Å². The largest absolute Gasteiger partial charge is 0.431 e. The van der Waals surface area contributed by atoms with Gasteiger partial charge in [-0.1, -0.05) is 11.8 Å². The van der Waals surface area contributed by atoms with Gasteiger partial charge >= 0.3 is 0 Å². The second-order valence-corrected chi connectivity index (χ2v) is 6.33. The molecule has 1 unspecified atom stereocenters. The molecular weight excluding hydrogens is 291 g/mol. The molecule has 3 rings (SSSR count). The fourth-order valence-electron chi connectivity index (χ4n) is 1.81. The molecule has 110 valence electrons. The van der Waals surface area contributed by atoms with Gasteiger partial charge in [-0.05, 0) is 44.0 Å². The molecule has 1 aromatic carbocycles. The summed E-state index contributed by atoms with van der Waals surface area (Å²) in [6.45, 7) is 1.82. The van der Waals surface area contributed by atoms with Gasteiger partial charge in [-0.3, -0.25) is 4.79 Å². The van der Waals surface area contributed by atoms with Crippen LogP contribution in [0.5, 0.6) is 0 Å². The topological polar surface area (TPSA) is 55.1 Å². The van der Waals surface area contributed by atoms with Crippen molar-refractivity contribution in [3.05, 3.63) is 36.3 Å². The fourth-order valence-corrected chi connectivity index (χ4v) is 2.54. The lowest BCUT2D eigenvalue weighted by Gasteiger charge is -2.08. The molecule has 2 aromatic rings. The van der Waals surface area contributed by atoms with Gasteiger partial charge in [0.05, 0.1) is 11.4 Å². The molecule has 0 saturated heterocycles. The Bertz CT molecular complexity index is 637. The minimum atomic E-state index is -0.293. The lowest BCUT2D eigenvalue weighted by atomic mass is 10.2. The zero-order valence-corrected chi connectivity index (χ0v) is 12.3. The van der Waals surface area contributed by atoms with Gasteiger partial charge in [0.15, 0.2) is 5.76 Å². The normalized spacial score (nSPS) is 15.7. The molecule has 1 aliphatic rings. The van der Waals surface area contributed by atoms with Gasteiger partial charge in [0.25, 0.3) is 5.22 Å². The van der Waals surface area contributed by atoms with E-state index in [1.165, 1.54) is 23.9 Å². The van der Waals surface area contributed by atoms with Crippen LogP contribution in [0.2, 0.25) is 0 Å². The zero-order chi connectivity index (χ0) is 14.8. The van der Waals surface area contributed by atoms with Crippen molar-refractivity contribution >= 4 is 17.7 Å². The smallest absolute Gasteiger partial charge is 0.256 e. The first-order chi connectivity index (χ1) is 10.1. The number of amides is 1. The number of halogens is 1. The summed E-state index contributed by atoms with van der Waals surface area (Å²) in [4.78, 5) is 16.0. The lowest BCUT2D eigenvalue weighted by molar-refractivity contribution is -0.120. The van der Waals surface area contributed by atoms with Gasteiger partial charge < -0.3 is 9.73 Å². The maximum Gasteiger partial charge on any atom is 0.256 e. The Kier molecular flexibility index (Phi) is 3.96. The summed E-state index contributed by atoms with van der Waals surface area (Å²) in [6.07, 6.45) is 3.72. The summed E-state index contributed by atoms with van der Waals surface area (Å²) < 4.78 is 18.5. The predicted octanol–water partition coefficient (Wildman–Crippen LogP) is 3.24. The predicted molar refractivity (Wildman–Crippen MR) is 78.4 cm³/mol. The fraction of sp³-hybridized carbons (Fsp3) is 0.333. The molecule has 1 fully saturated rings. The third kappa shape index (κ3) is 3.64. The minimum absolute atomic E-state index is 0.00373. The van der Waals surface area contributed by atoms with Crippen LogP contribution in [0.4, 0.5) is 4.39 Å². The molecule has 1 saturated carbocycles. The van der Waals surface area contributed by atoms with E-state index in [1.807, 2.05) is 6.92 Å². The Morgan fingerprint density at radius 1 is 1.43 bits per heavy atom. The molecule has 0 aliphatic heterocycles. The Morgan fingerprint density at radius 3 is 2.81 bits per heavy atom. The zero-order valence-electron chi connectivity index (χ0n) is 11.5. The molecule has 0 bridgehead atoms. The van der Waals surface area contributed by atoms with Crippen LogP contribution in [-0.4, -0.2) is 22.2 Å². The number of hydrogen-bond acceptors (Lipinski definition) is 4. The molecule has 1 amide bonds. The van der Waals surface area contributed by atoms with Crippen molar-refractivity contribution in [2.75, 3.05) is 0 Å². The van der Waals surface area contributed by atoms with Crippen LogP contribution in [0.3, 0.4) is 0 Å². The first kappa shape index (κ1) is 14.1. The van der Waals surface area contributed by atoms with Crippen molar-refractivity contribution in [1.29, 1.82) is 0 Å². The summed E-state index contributed by atoms with van der Waals surface area (Å²) in [5.74, 6) is 0.273. The van der Waals surface area contributed by atoms with Gasteiger partial charge in [0, 0.05) is 11.6 Å². The summed E-state index contributed by atoms with van der Waals surface area (Å²) in [5, 5.41) is 3.13. The highest BCUT2D eigenvalue weighted by Gasteiger charge is 2.26. The average molecular weight is 306 g/mol. The number of carbonyl (C=O) groups is 1. The van der Waals surface area contributed by atoms with E-state index in [2.05, 4.69) is 10.3 Å². The van der Waals surface area contributed by atoms with E-state index in [0.29, 0.717) is 17.0 Å². The molecule has 1 aromatic heterocycles. The van der Waals surface area contributed by atoms with Gasteiger partial charge in [-0.2, -0.15) is 0 Å². The number of aromatic nitrogens is 1. The van der Waals surface area contributed by atoms with Crippen LogP contribution in [0.1, 0.15) is 19.8 Å². The first-order valence-corrected chi connectivity index (χ1v) is 7.68. The molecule has 1 heterocycles. The summed E-state index contributed by atoms with van der Waals surface area (Å²) >= 11 is 1.28. The van der Waals surface area contributed by atoms with Crippen LogP contribution < -0.4 is 5.32 Å². The van der Waals surface area contributed by atoms with Crippen molar-refractivity contribution in [3.8, 4) is 11.3 Å². The van der Waals surface area contributed by atoms with Crippen molar-refractivity contribution in [2.24, 2.45) is 0 Å². The number of nitrogens with one attached hydrogen (secondary N) is 1. The quantitative estimate of drug-likeness (QED) is 0.862. The van der Waals surface area contributed by atoms with E-state index in [4.69, 9.17) is 4.42 Å². The SMILES string of the molecule is CC(Sc1ncc(-c2ccc(F)cc2)o1)C(=O)NC1CC1. The van der Waals surface area contributed by atoms with Gasteiger partial charge in [0.1, 0.15) is 5.82 Å². The minimum Gasteiger partial charge on any atom is -0.431 e. The molecular formula is C15H15FN2O2S. The van der Waals surface area contributed by atoms with Crippen molar-refractivity contribution < 1.29 is 13.6 Å². The number of carbonyl (C=O) groups excluding carboxylic acids is 1. The average Bonchev–Trinajstić information content (AvgIpc) is 3.16. The Labute approximate surface area is 126 Å². The molecule has 4 nitrogen and oxygen atoms in total. The van der Waals surface area contributed by atoms with E-state index in [-0.39, 0.29) is 17.0 Å². The number of rotatable bonds is 5. The molecule has 1 aliphatic carbocycles. The second-order valence-electron chi connectivity index (χ2n) is 5.04. The monoisotopic (exact) mass is 306 g/mol. The second kappa shape index (κ2) is 5.89. The molecule has 1 atom stereocenters. The highest BCUT2D eigenvalue weighted by Crippen LogP contribution is 2.28. The lowest BCUT2D eigenvalue weighted by Crippen LogP contribution is -2.32. The van der Waals surface area contributed by atoms with Crippen LogP contribution in [0.25, 0.3) is 11.3 Å². The first-order valence-electron chi connectivity index (χ1n) is 6.80. The van der Waals surface area contributed by atoms with E-state index < -0.39 is 0 Å². The van der Waals surface area contributed by atoms with Crippen molar-refractivity contribution in [2.45, 2.75) is 36.3 Å². The molecule has 0 radical (unpaired) electrons. The van der Waals surface area contributed by atoms with E-state index in [1.54, 1.807) is 18.3 Å². The number of hydrogen-bond donors (Lipinski definition) is 1. The molecule has 21 heavy (non-hydrogen) atoms. The van der Waals surface area contributed by atoms with Crippen LogP contribution >= 0.6 is 11.8 Å². The molecule has 0 spiro atoms. The van der Waals surface area contributed by atoms with Crippen LogP contribution in [0.15, 0.2) is 40.1 Å². The van der Waals surface area contributed by atoms with E-state index in [9.17, 15) is 9.18 Å².